The van der Waals surface area contributed by atoms with Crippen LogP contribution in [0.4, 0.5) is 5.69 Å². The second kappa shape index (κ2) is 9.10. The van der Waals surface area contributed by atoms with Crippen LogP contribution in [0.5, 0.6) is 0 Å². The lowest BCUT2D eigenvalue weighted by molar-refractivity contribution is -0.716. The van der Waals surface area contributed by atoms with E-state index in [0.717, 1.165) is 5.56 Å². The molecule has 0 spiro atoms. The molecule has 0 aliphatic rings. The molecule has 0 aliphatic carbocycles. The molecule has 136 valence electrons. The largest absolute Gasteiger partial charge is 1.00 e. The summed E-state index contributed by atoms with van der Waals surface area (Å²) in [4.78, 5) is 11.3. The number of benzene rings is 1. The van der Waals surface area contributed by atoms with E-state index < -0.39 is 9.84 Å². The van der Waals surface area contributed by atoms with Crippen molar-refractivity contribution >= 4 is 21.4 Å². The van der Waals surface area contributed by atoms with Gasteiger partial charge in [-0.2, -0.15) is 0 Å². The van der Waals surface area contributed by atoms with Crippen LogP contribution in [-0.4, -0.2) is 20.1 Å². The van der Waals surface area contributed by atoms with Gasteiger partial charge in [-0.15, -0.1) is 0 Å². The highest BCUT2D eigenvalue weighted by molar-refractivity contribution is 7.91. The molecule has 1 aromatic heterocycles. The summed E-state index contributed by atoms with van der Waals surface area (Å²) in [6.45, 7) is 5.59. The van der Waals surface area contributed by atoms with E-state index in [1.807, 2.05) is 24.5 Å². The Kier molecular flexibility index (Phi) is 7.76. The summed E-state index contributed by atoms with van der Waals surface area (Å²) in [5.74, 6) is -0.133. The van der Waals surface area contributed by atoms with Crippen LogP contribution in [0.25, 0.3) is 0 Å². The molecule has 5 nitrogen and oxygen atoms in total. The van der Waals surface area contributed by atoms with Gasteiger partial charge in [0.15, 0.2) is 28.3 Å². The number of carbonyl (C=O) groups is 1. The number of nitrogens with one attached hydrogen (secondary N) is 1. The zero-order valence-electron chi connectivity index (χ0n) is 14.6. The van der Waals surface area contributed by atoms with Crippen molar-refractivity contribution in [3.05, 3.63) is 54.4 Å². The predicted octanol–water partition coefficient (Wildman–Crippen LogP) is -0.466. The SMILES string of the molecule is CC(=O)Nc1ccc(S(=O)(=O)CCc2cc[n+](C(C)C)cc2)cc1.[Br-]. The van der Waals surface area contributed by atoms with Crippen molar-refractivity contribution in [3.63, 3.8) is 0 Å². The van der Waals surface area contributed by atoms with Crippen molar-refractivity contribution in [1.29, 1.82) is 0 Å². The maximum atomic E-state index is 12.4. The normalized spacial score (nSPS) is 11.0. The van der Waals surface area contributed by atoms with E-state index in [1.165, 1.54) is 19.1 Å². The summed E-state index contributed by atoms with van der Waals surface area (Å²) in [7, 11) is -3.35. The molecule has 2 aromatic rings. The highest BCUT2D eigenvalue weighted by Crippen LogP contribution is 2.16. The predicted molar refractivity (Wildman–Crippen MR) is 93.5 cm³/mol. The minimum Gasteiger partial charge on any atom is -1.00 e. The number of carbonyl (C=O) groups excluding carboxylic acids is 1. The minimum absolute atomic E-state index is 0. The van der Waals surface area contributed by atoms with Crippen LogP contribution in [0.15, 0.2) is 53.7 Å². The Balaban J connectivity index is 0.00000312. The molecular weight excluding hydrogens is 404 g/mol. The molecular formula is C18H23BrN2O3S. The number of pyridine rings is 1. The van der Waals surface area contributed by atoms with Crippen LogP contribution in [0, 0.1) is 0 Å². The maximum absolute atomic E-state index is 12.4. The van der Waals surface area contributed by atoms with Crippen molar-refractivity contribution in [2.75, 3.05) is 11.1 Å². The lowest BCUT2D eigenvalue weighted by Crippen LogP contribution is -3.00. The van der Waals surface area contributed by atoms with Crippen molar-refractivity contribution in [3.8, 4) is 0 Å². The van der Waals surface area contributed by atoms with Crippen LogP contribution in [0.3, 0.4) is 0 Å². The molecule has 0 saturated heterocycles. The van der Waals surface area contributed by atoms with Gasteiger partial charge in [0.1, 0.15) is 0 Å². The molecule has 1 aromatic carbocycles. The molecule has 0 saturated carbocycles. The van der Waals surface area contributed by atoms with E-state index in [-0.39, 0.29) is 33.5 Å². The first-order valence-electron chi connectivity index (χ1n) is 7.88. The van der Waals surface area contributed by atoms with Crippen LogP contribution in [0.1, 0.15) is 32.4 Å². The maximum Gasteiger partial charge on any atom is 0.221 e. The highest BCUT2D eigenvalue weighted by Gasteiger charge is 2.15. The Morgan fingerprint density at radius 3 is 2.12 bits per heavy atom. The Labute approximate surface area is 159 Å². The Morgan fingerprint density at radius 1 is 1.08 bits per heavy atom. The van der Waals surface area contributed by atoms with Gasteiger partial charge in [0, 0.05) is 24.7 Å². The summed E-state index contributed by atoms with van der Waals surface area (Å²) >= 11 is 0. The number of anilines is 1. The second-order valence-corrected chi connectivity index (χ2v) is 8.13. The number of sulfone groups is 1. The van der Waals surface area contributed by atoms with Gasteiger partial charge < -0.3 is 22.3 Å². The van der Waals surface area contributed by atoms with Gasteiger partial charge in [0.2, 0.25) is 5.91 Å². The number of nitrogens with zero attached hydrogens (tertiary/aromatic N) is 1. The zero-order valence-corrected chi connectivity index (χ0v) is 17.0. The quantitative estimate of drug-likeness (QED) is 0.635. The summed E-state index contributed by atoms with van der Waals surface area (Å²) in [5, 5.41) is 2.62. The first kappa shape index (κ1) is 21.3. The van der Waals surface area contributed by atoms with E-state index in [1.54, 1.807) is 12.1 Å². The molecule has 25 heavy (non-hydrogen) atoms. The van der Waals surface area contributed by atoms with E-state index >= 15 is 0 Å². The number of aromatic nitrogens is 1. The summed E-state index contributed by atoms with van der Waals surface area (Å²) in [5.41, 5.74) is 1.58. The first-order valence-corrected chi connectivity index (χ1v) is 9.53. The third-order valence-corrected chi connectivity index (χ3v) is 5.44. The number of hydrogen-bond acceptors (Lipinski definition) is 3. The zero-order chi connectivity index (χ0) is 17.7. The molecule has 0 fully saturated rings. The molecule has 1 amide bonds. The Morgan fingerprint density at radius 2 is 1.64 bits per heavy atom. The summed E-state index contributed by atoms with van der Waals surface area (Å²) in [6, 6.07) is 10.5. The van der Waals surface area contributed by atoms with Gasteiger partial charge in [-0.1, -0.05) is 0 Å². The van der Waals surface area contributed by atoms with Crippen LogP contribution in [0.2, 0.25) is 0 Å². The lowest BCUT2D eigenvalue weighted by Gasteiger charge is -2.07. The Hall–Kier alpha value is -1.73. The standard InChI is InChI=1S/C18H22N2O3S.BrH/c1-14(2)20-11-8-16(9-12-20)10-13-24(22,23)18-6-4-17(5-7-18)19-15(3)21;/h4-9,11-12,14H,10,13H2,1-3H3;1H. The molecule has 0 bridgehead atoms. The summed E-state index contributed by atoms with van der Waals surface area (Å²) < 4.78 is 26.9. The van der Waals surface area contributed by atoms with Gasteiger partial charge in [-0.25, -0.2) is 13.0 Å². The summed E-state index contributed by atoms with van der Waals surface area (Å²) in [6.07, 6.45) is 4.40. The molecule has 0 atom stereocenters. The molecule has 7 heteroatoms. The third kappa shape index (κ3) is 6.25. The van der Waals surface area contributed by atoms with E-state index in [2.05, 4.69) is 23.7 Å². The van der Waals surface area contributed by atoms with Crippen LogP contribution < -0.4 is 26.9 Å². The number of halogens is 1. The second-order valence-electron chi connectivity index (χ2n) is 6.02. The lowest BCUT2D eigenvalue weighted by atomic mass is 10.2. The van der Waals surface area contributed by atoms with Crippen molar-refractivity contribution in [2.45, 2.75) is 38.1 Å². The third-order valence-electron chi connectivity index (χ3n) is 3.71. The Bertz CT molecular complexity index is 801. The molecule has 0 unspecified atom stereocenters. The average molecular weight is 427 g/mol. The fourth-order valence-corrected chi connectivity index (χ4v) is 3.59. The van der Waals surface area contributed by atoms with Crippen LogP contribution in [-0.2, 0) is 21.1 Å². The topological polar surface area (TPSA) is 67.1 Å². The van der Waals surface area contributed by atoms with E-state index in [4.69, 9.17) is 0 Å². The number of amides is 1. The van der Waals surface area contributed by atoms with Gasteiger partial charge in [0.25, 0.3) is 0 Å². The fraction of sp³-hybridized carbons (Fsp3) is 0.333. The van der Waals surface area contributed by atoms with E-state index in [9.17, 15) is 13.2 Å². The minimum atomic E-state index is -3.35. The van der Waals surface area contributed by atoms with Crippen molar-refractivity contribution in [2.24, 2.45) is 0 Å². The molecule has 1 heterocycles. The number of hydrogen-bond donors (Lipinski definition) is 1. The van der Waals surface area contributed by atoms with Crippen LogP contribution >= 0.6 is 0 Å². The average Bonchev–Trinajstić information content (AvgIpc) is 2.53. The van der Waals surface area contributed by atoms with Crippen molar-refractivity contribution < 1.29 is 34.8 Å². The fourth-order valence-electron chi connectivity index (χ4n) is 2.30. The molecule has 0 aliphatic heterocycles. The molecule has 0 radical (unpaired) electrons. The van der Waals surface area contributed by atoms with E-state index in [0.29, 0.717) is 18.2 Å². The van der Waals surface area contributed by atoms with Gasteiger partial charge in [-0.3, -0.25) is 4.79 Å². The smallest absolute Gasteiger partial charge is 0.221 e. The van der Waals surface area contributed by atoms with Gasteiger partial charge >= 0.3 is 0 Å². The monoisotopic (exact) mass is 426 g/mol. The van der Waals surface area contributed by atoms with Crippen molar-refractivity contribution in [1.82, 2.24) is 0 Å². The molecule has 2 rings (SSSR count). The van der Waals surface area contributed by atoms with Gasteiger partial charge in [-0.05, 0) is 50.1 Å². The number of aryl methyl sites for hydroxylation is 1. The molecule has 1 N–H and O–H groups in total. The van der Waals surface area contributed by atoms with Gasteiger partial charge in [0.05, 0.1) is 10.6 Å². The first-order chi connectivity index (χ1) is 11.3. The highest BCUT2D eigenvalue weighted by atomic mass is 79.9. The number of rotatable bonds is 6.